The van der Waals surface area contributed by atoms with Crippen LogP contribution in [0.1, 0.15) is 39.5 Å². The zero-order valence-corrected chi connectivity index (χ0v) is 14.3. The molecule has 0 radical (unpaired) electrons. The van der Waals surface area contributed by atoms with Crippen molar-refractivity contribution in [3.63, 3.8) is 0 Å². The van der Waals surface area contributed by atoms with Crippen LogP contribution in [0.15, 0.2) is 60.7 Å². The molecule has 0 aliphatic heterocycles. The van der Waals surface area contributed by atoms with Gasteiger partial charge in [0.1, 0.15) is 4.88 Å². The van der Waals surface area contributed by atoms with E-state index in [2.05, 4.69) is 27.0 Å². The average Bonchev–Trinajstić information content (AvgIpc) is 3.12. The van der Waals surface area contributed by atoms with Gasteiger partial charge in [-0.2, -0.15) is 0 Å². The maximum Gasteiger partial charge on any atom is 0.265 e. The van der Waals surface area contributed by atoms with Gasteiger partial charge in [-0.15, -0.1) is 5.10 Å². The van der Waals surface area contributed by atoms with E-state index in [1.54, 1.807) is 0 Å². The second-order valence-electron chi connectivity index (χ2n) is 5.53. The van der Waals surface area contributed by atoms with Crippen LogP contribution in [0.25, 0.3) is 0 Å². The summed E-state index contributed by atoms with van der Waals surface area (Å²) in [6, 6.07) is 20.1. The molecule has 1 N–H and O–H groups in total. The normalized spacial score (nSPS) is 11.9. The molecule has 0 aliphatic carbocycles. The second kappa shape index (κ2) is 7.84. The lowest BCUT2D eigenvalue weighted by atomic mass is 9.98. The Labute approximate surface area is 145 Å². The van der Waals surface area contributed by atoms with Gasteiger partial charge in [0.2, 0.25) is 0 Å². The highest BCUT2D eigenvalue weighted by Crippen LogP contribution is 2.20. The minimum absolute atomic E-state index is 0.0899. The molecule has 2 aromatic carbocycles. The number of amides is 1. The molecule has 1 amide bonds. The number of nitrogens with one attached hydrogen (secondary N) is 1. The van der Waals surface area contributed by atoms with E-state index in [4.69, 9.17) is 0 Å². The van der Waals surface area contributed by atoms with Gasteiger partial charge in [-0.3, -0.25) is 4.79 Å². The Morgan fingerprint density at radius 3 is 2.42 bits per heavy atom. The number of hydrogen-bond acceptors (Lipinski definition) is 4. The van der Waals surface area contributed by atoms with E-state index in [0.29, 0.717) is 11.3 Å². The summed E-state index contributed by atoms with van der Waals surface area (Å²) in [5.74, 6) is -0.105. The third-order valence-corrected chi connectivity index (χ3v) is 4.65. The number of aryl methyl sites for hydroxylation is 1. The maximum absolute atomic E-state index is 12.7. The molecule has 0 fully saturated rings. The van der Waals surface area contributed by atoms with Crippen LogP contribution in [0.5, 0.6) is 0 Å². The summed E-state index contributed by atoms with van der Waals surface area (Å²) >= 11 is 1.15. The fourth-order valence-electron chi connectivity index (χ4n) is 2.62. The summed E-state index contributed by atoms with van der Waals surface area (Å²) in [7, 11) is 0. The van der Waals surface area contributed by atoms with E-state index in [9.17, 15) is 4.79 Å². The number of carbonyl (C=O) groups is 1. The number of hydrogen-bond donors (Lipinski definition) is 1. The SMILES string of the molecule is CCc1nnsc1C(=O)N[C@H](Cc1ccccc1)c1ccccc1. The predicted molar refractivity (Wildman–Crippen MR) is 96.1 cm³/mol. The van der Waals surface area contributed by atoms with Crippen molar-refractivity contribution in [1.29, 1.82) is 0 Å². The number of aromatic nitrogens is 2. The summed E-state index contributed by atoms with van der Waals surface area (Å²) in [4.78, 5) is 13.3. The van der Waals surface area contributed by atoms with Crippen LogP contribution in [0.4, 0.5) is 0 Å². The summed E-state index contributed by atoms with van der Waals surface area (Å²) < 4.78 is 3.91. The van der Waals surface area contributed by atoms with Crippen molar-refractivity contribution in [2.45, 2.75) is 25.8 Å². The highest BCUT2D eigenvalue weighted by molar-refractivity contribution is 7.08. The molecule has 3 aromatic rings. The molecule has 1 heterocycles. The van der Waals surface area contributed by atoms with Gasteiger partial charge >= 0.3 is 0 Å². The van der Waals surface area contributed by atoms with Gasteiger partial charge in [-0.1, -0.05) is 72.1 Å². The Hall–Kier alpha value is -2.53. The van der Waals surface area contributed by atoms with Crippen molar-refractivity contribution in [3.05, 3.63) is 82.4 Å². The molecule has 3 rings (SSSR count). The maximum atomic E-state index is 12.7. The van der Waals surface area contributed by atoms with Crippen molar-refractivity contribution in [3.8, 4) is 0 Å². The topological polar surface area (TPSA) is 54.9 Å². The highest BCUT2D eigenvalue weighted by Gasteiger charge is 2.20. The molecule has 4 nitrogen and oxygen atoms in total. The molecular formula is C19H19N3OS. The zero-order valence-electron chi connectivity index (χ0n) is 13.5. The molecule has 1 atom stereocenters. The first-order valence-corrected chi connectivity index (χ1v) is 8.76. The van der Waals surface area contributed by atoms with E-state index in [1.807, 2.05) is 55.5 Å². The van der Waals surface area contributed by atoms with Crippen LogP contribution in [0, 0.1) is 0 Å². The Balaban J connectivity index is 1.83. The zero-order chi connectivity index (χ0) is 16.8. The minimum atomic E-state index is -0.105. The molecule has 0 spiro atoms. The monoisotopic (exact) mass is 337 g/mol. The lowest BCUT2D eigenvalue weighted by Crippen LogP contribution is -2.30. The van der Waals surface area contributed by atoms with Crippen molar-refractivity contribution in [1.82, 2.24) is 14.9 Å². The van der Waals surface area contributed by atoms with Gasteiger partial charge in [0.25, 0.3) is 5.91 Å². The van der Waals surface area contributed by atoms with Crippen LogP contribution in [0.3, 0.4) is 0 Å². The third-order valence-electron chi connectivity index (χ3n) is 3.89. The summed E-state index contributed by atoms with van der Waals surface area (Å²) in [6.07, 6.45) is 1.44. The van der Waals surface area contributed by atoms with Crippen LogP contribution in [-0.4, -0.2) is 15.5 Å². The first-order valence-electron chi connectivity index (χ1n) is 7.99. The fraction of sp³-hybridized carbons (Fsp3) is 0.211. The van der Waals surface area contributed by atoms with Crippen molar-refractivity contribution >= 4 is 17.4 Å². The van der Waals surface area contributed by atoms with Gasteiger partial charge in [-0.25, -0.2) is 0 Å². The van der Waals surface area contributed by atoms with Crippen LogP contribution in [0.2, 0.25) is 0 Å². The van der Waals surface area contributed by atoms with Gasteiger partial charge in [0, 0.05) is 0 Å². The Morgan fingerprint density at radius 2 is 1.75 bits per heavy atom. The van der Waals surface area contributed by atoms with E-state index in [0.717, 1.165) is 29.2 Å². The molecule has 0 bridgehead atoms. The highest BCUT2D eigenvalue weighted by atomic mass is 32.1. The lowest BCUT2D eigenvalue weighted by Gasteiger charge is -2.19. The third kappa shape index (κ3) is 3.86. The fourth-order valence-corrected chi connectivity index (χ4v) is 3.28. The van der Waals surface area contributed by atoms with E-state index in [1.165, 1.54) is 5.56 Å². The summed E-state index contributed by atoms with van der Waals surface area (Å²) in [6.45, 7) is 1.98. The first-order chi connectivity index (χ1) is 11.8. The standard InChI is InChI=1S/C19H19N3OS/c1-2-16-18(24-22-21-16)19(23)20-17(15-11-7-4-8-12-15)13-14-9-5-3-6-10-14/h3-12,17H,2,13H2,1H3,(H,20,23)/t17-/m1/s1. The van der Waals surface area contributed by atoms with Crippen molar-refractivity contribution < 1.29 is 4.79 Å². The molecule has 1 aromatic heterocycles. The molecular weight excluding hydrogens is 318 g/mol. The quantitative estimate of drug-likeness (QED) is 0.744. The van der Waals surface area contributed by atoms with E-state index < -0.39 is 0 Å². The second-order valence-corrected chi connectivity index (χ2v) is 6.28. The molecule has 24 heavy (non-hydrogen) atoms. The number of carbonyl (C=O) groups excluding carboxylic acids is 1. The Bertz CT molecular complexity index is 787. The van der Waals surface area contributed by atoms with Crippen LogP contribution >= 0.6 is 11.5 Å². The number of benzene rings is 2. The van der Waals surface area contributed by atoms with Crippen LogP contribution < -0.4 is 5.32 Å². The van der Waals surface area contributed by atoms with Crippen molar-refractivity contribution in [2.75, 3.05) is 0 Å². The molecule has 0 saturated carbocycles. The van der Waals surface area contributed by atoms with E-state index >= 15 is 0 Å². The number of nitrogens with zero attached hydrogens (tertiary/aromatic N) is 2. The predicted octanol–water partition coefficient (Wildman–Crippen LogP) is 3.81. The molecule has 5 heteroatoms. The van der Waals surface area contributed by atoms with E-state index in [-0.39, 0.29) is 11.9 Å². The average molecular weight is 337 g/mol. The van der Waals surface area contributed by atoms with Gasteiger partial charge < -0.3 is 5.32 Å². The summed E-state index contributed by atoms with van der Waals surface area (Å²) in [5.41, 5.74) is 3.03. The molecule has 0 saturated heterocycles. The van der Waals surface area contributed by atoms with Crippen molar-refractivity contribution in [2.24, 2.45) is 0 Å². The lowest BCUT2D eigenvalue weighted by molar-refractivity contribution is 0.0939. The smallest absolute Gasteiger partial charge is 0.265 e. The summed E-state index contributed by atoms with van der Waals surface area (Å²) in [5, 5.41) is 7.18. The van der Waals surface area contributed by atoms with Gasteiger partial charge in [-0.05, 0) is 35.5 Å². The Kier molecular flexibility index (Phi) is 5.33. The van der Waals surface area contributed by atoms with Gasteiger partial charge in [0.05, 0.1) is 11.7 Å². The molecule has 0 unspecified atom stereocenters. The van der Waals surface area contributed by atoms with Gasteiger partial charge in [0.15, 0.2) is 0 Å². The Morgan fingerprint density at radius 1 is 1.08 bits per heavy atom. The number of rotatable bonds is 6. The first kappa shape index (κ1) is 16.3. The molecule has 0 aliphatic rings. The van der Waals surface area contributed by atoms with Crippen LogP contribution in [-0.2, 0) is 12.8 Å². The molecule has 122 valence electrons. The minimum Gasteiger partial charge on any atom is -0.344 e. The largest absolute Gasteiger partial charge is 0.344 e.